The molecule has 3 rings (SSSR count). The molecule has 0 aliphatic heterocycles. The average molecular weight is 368 g/mol. The number of imidazole rings is 1. The van der Waals surface area contributed by atoms with Crippen LogP contribution in [0.5, 0.6) is 5.75 Å². The highest BCUT2D eigenvalue weighted by Gasteiger charge is 2.14. The van der Waals surface area contributed by atoms with Crippen molar-refractivity contribution in [3.05, 3.63) is 64.6 Å². The molecule has 2 aromatic carbocycles. The van der Waals surface area contributed by atoms with Crippen LogP contribution in [0.4, 0.5) is 0 Å². The molecule has 142 valence electrons. The Hall–Kier alpha value is -2.86. The zero-order valence-corrected chi connectivity index (χ0v) is 15.6. The van der Waals surface area contributed by atoms with Crippen LogP contribution < -0.4 is 10.4 Å². The Morgan fingerprint density at radius 1 is 1.11 bits per heavy atom. The van der Waals surface area contributed by atoms with Crippen molar-refractivity contribution in [3.63, 3.8) is 0 Å². The number of carbonyl (C=O) groups excluding carboxylic acids is 1. The third-order valence-electron chi connectivity index (χ3n) is 4.58. The number of ketones is 1. The second-order valence-corrected chi connectivity index (χ2v) is 6.75. The van der Waals surface area contributed by atoms with Crippen LogP contribution in [0.2, 0.25) is 0 Å². The summed E-state index contributed by atoms with van der Waals surface area (Å²) in [6.45, 7) is 1.83. The maximum absolute atomic E-state index is 12.4. The monoisotopic (exact) mass is 368 g/mol. The highest BCUT2D eigenvalue weighted by molar-refractivity contribution is 5.76. The molecular formula is C21H24N2O4. The van der Waals surface area contributed by atoms with Crippen LogP contribution in [0.1, 0.15) is 18.9 Å². The van der Waals surface area contributed by atoms with E-state index in [-0.39, 0.29) is 24.6 Å². The lowest BCUT2D eigenvalue weighted by molar-refractivity contribution is -0.116. The second-order valence-electron chi connectivity index (χ2n) is 6.75. The predicted octanol–water partition coefficient (Wildman–Crippen LogP) is 2.30. The quantitative estimate of drug-likeness (QED) is 0.662. The van der Waals surface area contributed by atoms with Gasteiger partial charge < -0.3 is 14.6 Å². The zero-order valence-electron chi connectivity index (χ0n) is 15.6. The van der Waals surface area contributed by atoms with E-state index >= 15 is 0 Å². The van der Waals surface area contributed by atoms with Crippen LogP contribution in [0, 0.1) is 0 Å². The first kappa shape index (κ1) is 18.9. The molecule has 0 radical (unpaired) electrons. The van der Waals surface area contributed by atoms with Gasteiger partial charge in [-0.15, -0.1) is 0 Å². The Bertz CT molecular complexity index is 986. The van der Waals surface area contributed by atoms with E-state index in [4.69, 9.17) is 4.74 Å². The summed E-state index contributed by atoms with van der Waals surface area (Å²) < 4.78 is 8.78. The van der Waals surface area contributed by atoms with Gasteiger partial charge in [0.25, 0.3) is 0 Å². The molecular weight excluding hydrogens is 344 g/mol. The van der Waals surface area contributed by atoms with Gasteiger partial charge in [-0.05, 0) is 43.2 Å². The SMILES string of the molecule is CC(=O)CCc1ccc(OC[C@H](O)Cn2c(=O)n(C)c3ccccc32)cc1. The van der Waals surface area contributed by atoms with Gasteiger partial charge in [0.15, 0.2) is 0 Å². The van der Waals surface area contributed by atoms with Crippen LogP contribution in [0.25, 0.3) is 11.0 Å². The van der Waals surface area contributed by atoms with Crippen molar-refractivity contribution < 1.29 is 14.6 Å². The van der Waals surface area contributed by atoms with Crippen molar-refractivity contribution in [2.75, 3.05) is 6.61 Å². The summed E-state index contributed by atoms with van der Waals surface area (Å²) in [5.74, 6) is 0.813. The van der Waals surface area contributed by atoms with Gasteiger partial charge in [0, 0.05) is 13.5 Å². The summed E-state index contributed by atoms with van der Waals surface area (Å²) in [5.41, 5.74) is 2.53. The van der Waals surface area contributed by atoms with E-state index in [1.807, 2.05) is 48.5 Å². The van der Waals surface area contributed by atoms with Gasteiger partial charge in [-0.2, -0.15) is 0 Å². The first-order valence-corrected chi connectivity index (χ1v) is 8.99. The van der Waals surface area contributed by atoms with Crippen molar-refractivity contribution in [1.82, 2.24) is 9.13 Å². The number of hydrogen-bond donors (Lipinski definition) is 1. The molecule has 6 nitrogen and oxygen atoms in total. The summed E-state index contributed by atoms with van der Waals surface area (Å²) >= 11 is 0. The smallest absolute Gasteiger partial charge is 0.328 e. The Morgan fingerprint density at radius 2 is 1.78 bits per heavy atom. The number of fused-ring (bicyclic) bond motifs is 1. The number of aryl methyl sites for hydroxylation is 2. The van der Waals surface area contributed by atoms with Crippen molar-refractivity contribution in [2.45, 2.75) is 32.4 Å². The second kappa shape index (κ2) is 8.22. The maximum Gasteiger partial charge on any atom is 0.328 e. The molecule has 6 heteroatoms. The third kappa shape index (κ3) is 4.46. The first-order valence-electron chi connectivity index (χ1n) is 8.99. The molecule has 0 spiro atoms. The number of ether oxygens (including phenoxy) is 1. The molecule has 3 aromatic rings. The van der Waals surface area contributed by atoms with Gasteiger partial charge in [-0.25, -0.2) is 4.79 Å². The first-order chi connectivity index (χ1) is 13.0. The van der Waals surface area contributed by atoms with Crippen LogP contribution in [-0.2, 0) is 24.8 Å². The van der Waals surface area contributed by atoms with Gasteiger partial charge in [0.1, 0.15) is 24.2 Å². The standard InChI is InChI=1S/C21H24N2O4/c1-15(24)7-8-16-9-11-18(12-10-16)27-14-17(25)13-23-20-6-4-3-5-19(20)22(2)21(23)26/h3-6,9-12,17,25H,7-8,13-14H2,1-2H3/t17-/m1/s1. The molecule has 1 aromatic heterocycles. The summed E-state index contributed by atoms with van der Waals surface area (Å²) in [5, 5.41) is 10.3. The highest BCUT2D eigenvalue weighted by atomic mass is 16.5. The molecule has 0 aliphatic rings. The number of Topliss-reactive ketones (excluding diaryl/α,β-unsaturated/α-hetero) is 1. The number of aliphatic hydroxyl groups is 1. The predicted molar refractivity (Wildman–Crippen MR) is 104 cm³/mol. The number of benzene rings is 2. The average Bonchev–Trinajstić information content (AvgIpc) is 2.91. The molecule has 0 saturated carbocycles. The van der Waals surface area contributed by atoms with E-state index in [1.54, 1.807) is 23.1 Å². The molecule has 1 heterocycles. The van der Waals surface area contributed by atoms with E-state index in [0.29, 0.717) is 18.6 Å². The molecule has 0 fully saturated rings. The molecule has 0 saturated heterocycles. The van der Waals surface area contributed by atoms with Crippen LogP contribution in [0.15, 0.2) is 53.3 Å². The van der Waals surface area contributed by atoms with Crippen LogP contribution in [0.3, 0.4) is 0 Å². The number of carbonyl (C=O) groups is 1. The molecule has 27 heavy (non-hydrogen) atoms. The Morgan fingerprint density at radius 3 is 2.44 bits per heavy atom. The van der Waals surface area contributed by atoms with Gasteiger partial charge >= 0.3 is 5.69 Å². The summed E-state index contributed by atoms with van der Waals surface area (Å²) in [7, 11) is 1.72. The Balaban J connectivity index is 1.60. The molecule has 0 unspecified atom stereocenters. The lowest BCUT2D eigenvalue weighted by Gasteiger charge is -2.13. The van der Waals surface area contributed by atoms with E-state index in [9.17, 15) is 14.7 Å². The van der Waals surface area contributed by atoms with Gasteiger partial charge in [0.05, 0.1) is 17.6 Å². The normalized spacial score (nSPS) is 12.3. The fourth-order valence-corrected chi connectivity index (χ4v) is 3.07. The number of aromatic nitrogens is 2. The largest absolute Gasteiger partial charge is 0.491 e. The summed E-state index contributed by atoms with van der Waals surface area (Å²) in [6.07, 6.45) is 0.423. The Labute approximate surface area is 157 Å². The van der Waals surface area contributed by atoms with E-state index in [2.05, 4.69) is 0 Å². The topological polar surface area (TPSA) is 73.5 Å². The van der Waals surface area contributed by atoms with Crippen LogP contribution in [-0.4, -0.2) is 32.7 Å². The number of rotatable bonds is 8. The lowest BCUT2D eigenvalue weighted by atomic mass is 10.1. The molecule has 0 bridgehead atoms. The minimum atomic E-state index is -0.814. The number of aliphatic hydroxyl groups excluding tert-OH is 1. The van der Waals surface area contributed by atoms with E-state index < -0.39 is 6.10 Å². The molecule has 1 N–H and O–H groups in total. The van der Waals surface area contributed by atoms with Crippen molar-refractivity contribution in [2.24, 2.45) is 7.05 Å². The zero-order chi connectivity index (χ0) is 19.4. The highest BCUT2D eigenvalue weighted by Crippen LogP contribution is 2.15. The van der Waals surface area contributed by atoms with Crippen molar-refractivity contribution in [1.29, 1.82) is 0 Å². The molecule has 1 atom stereocenters. The summed E-state index contributed by atoms with van der Waals surface area (Å²) in [6, 6.07) is 15.0. The van der Waals surface area contributed by atoms with Crippen molar-refractivity contribution in [3.8, 4) is 5.75 Å². The fourth-order valence-electron chi connectivity index (χ4n) is 3.07. The van der Waals surface area contributed by atoms with Crippen molar-refractivity contribution >= 4 is 16.8 Å². The number of para-hydroxylation sites is 2. The van der Waals surface area contributed by atoms with Crippen LogP contribution >= 0.6 is 0 Å². The van der Waals surface area contributed by atoms with Gasteiger partial charge in [0.2, 0.25) is 0 Å². The minimum Gasteiger partial charge on any atom is -0.491 e. The van der Waals surface area contributed by atoms with Gasteiger partial charge in [-0.1, -0.05) is 24.3 Å². The number of nitrogens with zero attached hydrogens (tertiary/aromatic N) is 2. The third-order valence-corrected chi connectivity index (χ3v) is 4.58. The number of hydrogen-bond acceptors (Lipinski definition) is 4. The molecule has 0 amide bonds. The lowest BCUT2D eigenvalue weighted by Crippen LogP contribution is -2.30. The summed E-state index contributed by atoms with van der Waals surface area (Å²) in [4.78, 5) is 23.4. The fraction of sp³-hybridized carbons (Fsp3) is 0.333. The van der Waals surface area contributed by atoms with E-state index in [0.717, 1.165) is 16.6 Å². The molecule has 0 aliphatic carbocycles. The Kier molecular flexibility index (Phi) is 5.76. The maximum atomic E-state index is 12.4. The minimum absolute atomic E-state index is 0.0858. The van der Waals surface area contributed by atoms with Gasteiger partial charge in [-0.3, -0.25) is 9.13 Å². The van der Waals surface area contributed by atoms with E-state index in [1.165, 1.54) is 0 Å².